The summed E-state index contributed by atoms with van der Waals surface area (Å²) in [6.45, 7) is 8.43. The predicted octanol–water partition coefficient (Wildman–Crippen LogP) is 3.00. The fourth-order valence-electron chi connectivity index (χ4n) is 3.05. The van der Waals surface area contributed by atoms with E-state index in [0.29, 0.717) is 24.3 Å². The van der Waals surface area contributed by atoms with Crippen molar-refractivity contribution in [2.75, 3.05) is 19.8 Å². The minimum absolute atomic E-state index is 0.118. The van der Waals surface area contributed by atoms with Gasteiger partial charge in [0.2, 0.25) is 0 Å². The Morgan fingerprint density at radius 2 is 1.90 bits per heavy atom. The molecule has 1 aromatic carbocycles. The van der Waals surface area contributed by atoms with Gasteiger partial charge in [0, 0.05) is 41.8 Å². The van der Waals surface area contributed by atoms with Crippen LogP contribution in [-0.4, -0.2) is 49.1 Å². The first-order chi connectivity index (χ1) is 14.2. The van der Waals surface area contributed by atoms with Crippen molar-refractivity contribution in [2.45, 2.75) is 58.6 Å². The molecule has 30 heavy (non-hydrogen) atoms. The number of ether oxygens (including phenoxy) is 3. The summed E-state index contributed by atoms with van der Waals surface area (Å²) >= 11 is 0. The first-order valence-corrected chi connectivity index (χ1v) is 10.3. The highest BCUT2D eigenvalue weighted by molar-refractivity contribution is 5.99. The number of carbonyl (C=O) groups is 3. The van der Waals surface area contributed by atoms with Gasteiger partial charge in [-0.1, -0.05) is 12.1 Å². The summed E-state index contributed by atoms with van der Waals surface area (Å²) in [6, 6.07) is 5.45. The predicted molar refractivity (Wildman–Crippen MR) is 113 cm³/mol. The second kappa shape index (κ2) is 10.9. The zero-order valence-corrected chi connectivity index (χ0v) is 18.2. The van der Waals surface area contributed by atoms with Gasteiger partial charge in [-0.2, -0.15) is 0 Å². The molecule has 0 aromatic heterocycles. The van der Waals surface area contributed by atoms with Crippen molar-refractivity contribution < 1.29 is 28.6 Å². The molecule has 7 heteroatoms. The largest absolute Gasteiger partial charge is 0.489 e. The third kappa shape index (κ3) is 7.63. The number of rotatable bonds is 9. The van der Waals surface area contributed by atoms with Crippen LogP contribution in [0.25, 0.3) is 0 Å². The second-order valence-corrected chi connectivity index (χ2v) is 8.15. The molecule has 0 bridgehead atoms. The number of Topliss-reactive ketones (excluding diaryl/α,β-unsaturated/α-hetero) is 1. The van der Waals surface area contributed by atoms with Gasteiger partial charge < -0.3 is 19.5 Å². The molecule has 1 aliphatic carbocycles. The van der Waals surface area contributed by atoms with E-state index in [1.807, 2.05) is 32.9 Å². The maximum atomic E-state index is 12.1. The van der Waals surface area contributed by atoms with E-state index >= 15 is 0 Å². The fourth-order valence-corrected chi connectivity index (χ4v) is 3.05. The quantitative estimate of drug-likeness (QED) is 0.488. The topological polar surface area (TPSA) is 90.9 Å². The van der Waals surface area contributed by atoms with Crippen LogP contribution in [0.4, 0.5) is 0 Å². The summed E-state index contributed by atoms with van der Waals surface area (Å²) in [5.41, 5.74) is 1.44. The number of hydrogen-bond acceptors (Lipinski definition) is 7. The lowest BCUT2D eigenvalue weighted by molar-refractivity contribution is -0.145. The maximum absolute atomic E-state index is 12.1. The number of benzene rings is 1. The van der Waals surface area contributed by atoms with E-state index in [2.05, 4.69) is 5.32 Å². The van der Waals surface area contributed by atoms with Gasteiger partial charge in [-0.05, 0) is 46.6 Å². The Hall–Kier alpha value is -2.67. The molecule has 1 N–H and O–H groups in total. The molecular weight excluding hydrogens is 386 g/mol. The number of ketones is 1. The highest BCUT2D eigenvalue weighted by Gasteiger charge is 2.22. The Bertz CT molecular complexity index is 793. The van der Waals surface area contributed by atoms with Crippen molar-refractivity contribution in [3.63, 3.8) is 0 Å². The molecule has 0 amide bonds. The lowest BCUT2D eigenvalue weighted by Crippen LogP contribution is -2.44. The highest BCUT2D eigenvalue weighted by atomic mass is 16.6. The summed E-state index contributed by atoms with van der Waals surface area (Å²) in [6.07, 6.45) is 3.64. The van der Waals surface area contributed by atoms with Gasteiger partial charge >= 0.3 is 11.9 Å². The third-order valence-electron chi connectivity index (χ3n) is 4.47. The smallest absolute Gasteiger partial charge is 0.331 e. The van der Waals surface area contributed by atoms with E-state index in [0.717, 1.165) is 30.6 Å². The molecule has 1 atom stereocenters. The molecule has 1 aliphatic rings. The number of esters is 2. The molecule has 0 saturated carbocycles. The zero-order valence-electron chi connectivity index (χ0n) is 18.2. The van der Waals surface area contributed by atoms with Crippen LogP contribution < -0.4 is 10.1 Å². The Balaban J connectivity index is 2.05. The average molecular weight is 418 g/mol. The standard InChI is InChI=1S/C23H31NO6/c1-5-28-21(26)12-13-22(27)30-16(14-24-23(2,3)4)15-29-20-11-7-8-17-18(20)9-6-10-19(17)25/h7-8,11-13,16,24H,5-6,9-10,14-15H2,1-4H3/b13-12-/t16-/m0/s1. The number of hydrogen-bond donors (Lipinski definition) is 1. The van der Waals surface area contributed by atoms with E-state index in [9.17, 15) is 14.4 Å². The lowest BCUT2D eigenvalue weighted by atomic mass is 9.90. The van der Waals surface area contributed by atoms with Gasteiger partial charge in [0.05, 0.1) is 6.61 Å². The third-order valence-corrected chi connectivity index (χ3v) is 4.47. The van der Waals surface area contributed by atoms with Crippen molar-refractivity contribution in [3.05, 3.63) is 41.5 Å². The van der Waals surface area contributed by atoms with Gasteiger partial charge in [0.1, 0.15) is 18.5 Å². The van der Waals surface area contributed by atoms with Gasteiger partial charge in [-0.25, -0.2) is 9.59 Å². The van der Waals surface area contributed by atoms with Crippen LogP contribution >= 0.6 is 0 Å². The van der Waals surface area contributed by atoms with E-state index in [1.165, 1.54) is 0 Å². The summed E-state index contributed by atoms with van der Waals surface area (Å²) in [7, 11) is 0. The minimum Gasteiger partial charge on any atom is -0.489 e. The molecule has 0 heterocycles. The molecule has 0 unspecified atom stereocenters. The zero-order chi connectivity index (χ0) is 22.1. The summed E-state index contributed by atoms with van der Waals surface area (Å²) in [4.78, 5) is 35.6. The molecule has 2 rings (SSSR count). The monoisotopic (exact) mass is 417 g/mol. The Labute approximate surface area is 177 Å². The number of nitrogens with one attached hydrogen (secondary N) is 1. The second-order valence-electron chi connectivity index (χ2n) is 8.15. The van der Waals surface area contributed by atoms with Crippen LogP contribution in [0.3, 0.4) is 0 Å². The number of carbonyl (C=O) groups excluding carboxylic acids is 3. The van der Waals surface area contributed by atoms with Gasteiger partial charge in [0.15, 0.2) is 5.78 Å². The maximum Gasteiger partial charge on any atom is 0.331 e. The van der Waals surface area contributed by atoms with Crippen LogP contribution in [0.2, 0.25) is 0 Å². The van der Waals surface area contributed by atoms with Gasteiger partial charge in [0.25, 0.3) is 0 Å². The van der Waals surface area contributed by atoms with E-state index in [-0.39, 0.29) is 24.5 Å². The molecule has 7 nitrogen and oxygen atoms in total. The average Bonchev–Trinajstić information content (AvgIpc) is 2.68. The lowest BCUT2D eigenvalue weighted by Gasteiger charge is -2.26. The van der Waals surface area contributed by atoms with Gasteiger partial charge in [-0.15, -0.1) is 0 Å². The molecule has 164 valence electrons. The minimum atomic E-state index is -0.655. The summed E-state index contributed by atoms with van der Waals surface area (Å²) in [5.74, 6) is -0.490. The van der Waals surface area contributed by atoms with Crippen molar-refractivity contribution in [3.8, 4) is 5.75 Å². The molecular formula is C23H31NO6. The van der Waals surface area contributed by atoms with E-state index in [1.54, 1.807) is 13.0 Å². The highest BCUT2D eigenvalue weighted by Crippen LogP contribution is 2.29. The first-order valence-electron chi connectivity index (χ1n) is 10.3. The molecule has 0 saturated heterocycles. The van der Waals surface area contributed by atoms with E-state index in [4.69, 9.17) is 14.2 Å². The molecule has 1 aromatic rings. The molecule has 0 radical (unpaired) electrons. The first kappa shape index (κ1) is 23.6. The van der Waals surface area contributed by atoms with Crippen molar-refractivity contribution in [1.29, 1.82) is 0 Å². The molecule has 0 aliphatic heterocycles. The SMILES string of the molecule is CCOC(=O)/C=C\C(=O)O[C@@H](CNC(C)(C)C)COc1cccc2c1CCCC2=O. The summed E-state index contributed by atoms with van der Waals surface area (Å²) < 4.78 is 16.2. The Kier molecular flexibility index (Phi) is 8.59. The van der Waals surface area contributed by atoms with Crippen molar-refractivity contribution in [1.82, 2.24) is 5.32 Å². The Morgan fingerprint density at radius 3 is 2.60 bits per heavy atom. The van der Waals surface area contributed by atoms with Crippen molar-refractivity contribution >= 4 is 17.7 Å². The van der Waals surface area contributed by atoms with Crippen LogP contribution in [0.5, 0.6) is 5.75 Å². The molecule has 0 fully saturated rings. The van der Waals surface area contributed by atoms with Crippen LogP contribution in [0.15, 0.2) is 30.4 Å². The van der Waals surface area contributed by atoms with Crippen LogP contribution in [0.1, 0.15) is 56.5 Å². The van der Waals surface area contributed by atoms with E-state index < -0.39 is 18.0 Å². The Morgan fingerprint density at radius 1 is 1.17 bits per heavy atom. The van der Waals surface area contributed by atoms with Crippen LogP contribution in [-0.2, 0) is 25.5 Å². The van der Waals surface area contributed by atoms with Gasteiger partial charge in [-0.3, -0.25) is 4.79 Å². The summed E-state index contributed by atoms with van der Waals surface area (Å²) in [5, 5.41) is 3.29. The normalized spacial score (nSPS) is 14.9. The number of fused-ring (bicyclic) bond motifs is 1. The van der Waals surface area contributed by atoms with Crippen molar-refractivity contribution in [2.24, 2.45) is 0 Å². The molecule has 0 spiro atoms. The van der Waals surface area contributed by atoms with Crippen LogP contribution in [0, 0.1) is 0 Å². The fraction of sp³-hybridized carbons (Fsp3) is 0.522.